The Kier molecular flexibility index (Phi) is 10.9. The molecule has 0 aromatic rings. The van der Waals surface area contributed by atoms with Crippen molar-refractivity contribution in [3.8, 4) is 0 Å². The van der Waals surface area contributed by atoms with Gasteiger partial charge in [-0.25, -0.2) is 0 Å². The van der Waals surface area contributed by atoms with E-state index in [1.165, 1.54) is 0 Å². The van der Waals surface area contributed by atoms with Gasteiger partial charge >= 0.3 is 0 Å². The molecule has 0 aliphatic carbocycles. The lowest BCUT2D eigenvalue weighted by molar-refractivity contribution is 0.124. The largest absolute Gasteiger partial charge is 0.381 e. The number of hydrogen-bond donors (Lipinski definition) is 1. The third-order valence-corrected chi connectivity index (χ3v) is 2.10. The van der Waals surface area contributed by atoms with Gasteiger partial charge < -0.3 is 15.0 Å². The fourth-order valence-corrected chi connectivity index (χ4v) is 1.24. The molecule has 0 bridgehead atoms. The summed E-state index contributed by atoms with van der Waals surface area (Å²) in [7, 11) is 2.16. The Morgan fingerprint density at radius 1 is 1.14 bits per heavy atom. The van der Waals surface area contributed by atoms with Crippen molar-refractivity contribution in [2.45, 2.75) is 26.7 Å². The van der Waals surface area contributed by atoms with Gasteiger partial charge in [0, 0.05) is 32.8 Å². The lowest BCUT2D eigenvalue weighted by Crippen LogP contribution is -2.30. The maximum absolute atomic E-state index is 5.42. The molecule has 0 atom stereocenters. The summed E-state index contributed by atoms with van der Waals surface area (Å²) in [6, 6.07) is 0. The molecular weight excluding hydrogens is 176 g/mol. The second kappa shape index (κ2) is 11.0. The lowest BCUT2D eigenvalue weighted by Gasteiger charge is -2.16. The highest BCUT2D eigenvalue weighted by Crippen LogP contribution is 1.89. The van der Waals surface area contributed by atoms with Crippen LogP contribution in [0.25, 0.3) is 0 Å². The normalized spacial score (nSPS) is 11.1. The SMILES string of the molecule is CCCOCCCN(C)CCNCC. The summed E-state index contributed by atoms with van der Waals surface area (Å²) in [6.45, 7) is 10.5. The van der Waals surface area contributed by atoms with E-state index in [2.05, 4.69) is 31.1 Å². The second-order valence-corrected chi connectivity index (χ2v) is 3.62. The minimum atomic E-state index is 0.902. The molecule has 0 aromatic carbocycles. The van der Waals surface area contributed by atoms with Gasteiger partial charge in [-0.3, -0.25) is 0 Å². The fraction of sp³-hybridized carbons (Fsp3) is 1.00. The van der Waals surface area contributed by atoms with Gasteiger partial charge in [0.15, 0.2) is 0 Å². The quantitative estimate of drug-likeness (QED) is 0.541. The van der Waals surface area contributed by atoms with Crippen molar-refractivity contribution in [2.24, 2.45) is 0 Å². The highest BCUT2D eigenvalue weighted by atomic mass is 16.5. The Labute approximate surface area is 88.8 Å². The summed E-state index contributed by atoms with van der Waals surface area (Å²) < 4.78 is 5.42. The molecule has 0 saturated heterocycles. The van der Waals surface area contributed by atoms with Gasteiger partial charge in [-0.1, -0.05) is 13.8 Å². The maximum atomic E-state index is 5.42. The van der Waals surface area contributed by atoms with Crippen LogP contribution in [0.5, 0.6) is 0 Å². The van der Waals surface area contributed by atoms with Crippen molar-refractivity contribution in [1.82, 2.24) is 10.2 Å². The first-order chi connectivity index (χ1) is 6.81. The Hall–Kier alpha value is -0.120. The highest BCUT2D eigenvalue weighted by Gasteiger charge is 1.96. The number of nitrogens with zero attached hydrogens (tertiary/aromatic N) is 1. The number of nitrogens with one attached hydrogen (secondary N) is 1. The van der Waals surface area contributed by atoms with Crippen molar-refractivity contribution in [2.75, 3.05) is 46.4 Å². The van der Waals surface area contributed by atoms with Crippen LogP contribution in [-0.4, -0.2) is 51.3 Å². The average Bonchev–Trinajstić information content (AvgIpc) is 2.18. The van der Waals surface area contributed by atoms with E-state index in [1.807, 2.05) is 0 Å². The van der Waals surface area contributed by atoms with Crippen molar-refractivity contribution >= 4 is 0 Å². The Bertz CT molecular complexity index is 109. The first-order valence-corrected chi connectivity index (χ1v) is 5.78. The lowest BCUT2D eigenvalue weighted by atomic mass is 10.4. The molecule has 0 aromatic heterocycles. The van der Waals surface area contributed by atoms with Crippen LogP contribution in [0, 0.1) is 0 Å². The summed E-state index contributed by atoms with van der Waals surface area (Å²) in [6.07, 6.45) is 2.26. The minimum Gasteiger partial charge on any atom is -0.381 e. The van der Waals surface area contributed by atoms with Crippen LogP contribution < -0.4 is 5.32 Å². The first-order valence-electron chi connectivity index (χ1n) is 5.78. The fourth-order valence-electron chi connectivity index (χ4n) is 1.24. The molecule has 0 heterocycles. The summed E-state index contributed by atoms with van der Waals surface area (Å²) in [5, 5.41) is 3.32. The van der Waals surface area contributed by atoms with Crippen LogP contribution in [0.1, 0.15) is 26.7 Å². The van der Waals surface area contributed by atoms with Gasteiger partial charge in [-0.15, -0.1) is 0 Å². The van der Waals surface area contributed by atoms with Gasteiger partial charge in [0.1, 0.15) is 0 Å². The van der Waals surface area contributed by atoms with E-state index in [1.54, 1.807) is 0 Å². The van der Waals surface area contributed by atoms with Crippen LogP contribution in [0.2, 0.25) is 0 Å². The first kappa shape index (κ1) is 13.9. The van der Waals surface area contributed by atoms with Crippen LogP contribution in [0.4, 0.5) is 0 Å². The van der Waals surface area contributed by atoms with Crippen LogP contribution in [0.3, 0.4) is 0 Å². The zero-order chi connectivity index (χ0) is 10.6. The summed E-state index contributed by atoms with van der Waals surface area (Å²) in [5.74, 6) is 0. The number of ether oxygens (including phenoxy) is 1. The van der Waals surface area contributed by atoms with E-state index in [-0.39, 0.29) is 0 Å². The summed E-state index contributed by atoms with van der Waals surface area (Å²) in [4.78, 5) is 2.35. The number of rotatable bonds is 10. The molecule has 0 spiro atoms. The maximum Gasteiger partial charge on any atom is 0.0478 e. The van der Waals surface area contributed by atoms with Crippen molar-refractivity contribution in [3.63, 3.8) is 0 Å². The minimum absolute atomic E-state index is 0.902. The molecule has 14 heavy (non-hydrogen) atoms. The Morgan fingerprint density at radius 2 is 1.93 bits per heavy atom. The standard InChI is InChI=1S/C11H26N2O/c1-4-10-14-11-6-8-13(3)9-7-12-5-2/h12H,4-11H2,1-3H3. The molecule has 3 heteroatoms. The molecular formula is C11H26N2O. The number of hydrogen-bond acceptors (Lipinski definition) is 3. The molecule has 0 rings (SSSR count). The van der Waals surface area contributed by atoms with E-state index < -0.39 is 0 Å². The van der Waals surface area contributed by atoms with E-state index in [4.69, 9.17) is 4.74 Å². The van der Waals surface area contributed by atoms with Crippen molar-refractivity contribution in [3.05, 3.63) is 0 Å². The molecule has 0 fully saturated rings. The molecule has 86 valence electrons. The summed E-state index contributed by atoms with van der Waals surface area (Å²) in [5.41, 5.74) is 0. The van der Waals surface area contributed by atoms with Gasteiger partial charge in [-0.05, 0) is 26.4 Å². The van der Waals surface area contributed by atoms with Crippen LogP contribution in [-0.2, 0) is 4.74 Å². The van der Waals surface area contributed by atoms with Crippen LogP contribution in [0.15, 0.2) is 0 Å². The molecule has 3 nitrogen and oxygen atoms in total. The van der Waals surface area contributed by atoms with E-state index >= 15 is 0 Å². The molecule has 1 N–H and O–H groups in total. The topological polar surface area (TPSA) is 24.5 Å². The smallest absolute Gasteiger partial charge is 0.0478 e. The Morgan fingerprint density at radius 3 is 2.57 bits per heavy atom. The molecule has 0 unspecified atom stereocenters. The van der Waals surface area contributed by atoms with Gasteiger partial charge in [-0.2, -0.15) is 0 Å². The van der Waals surface area contributed by atoms with E-state index in [0.29, 0.717) is 0 Å². The average molecular weight is 202 g/mol. The third-order valence-electron chi connectivity index (χ3n) is 2.10. The zero-order valence-corrected chi connectivity index (χ0v) is 10.0. The zero-order valence-electron chi connectivity index (χ0n) is 10.0. The third kappa shape index (κ3) is 9.96. The molecule has 0 saturated carbocycles. The van der Waals surface area contributed by atoms with Gasteiger partial charge in [0.25, 0.3) is 0 Å². The monoisotopic (exact) mass is 202 g/mol. The van der Waals surface area contributed by atoms with E-state index in [9.17, 15) is 0 Å². The summed E-state index contributed by atoms with van der Waals surface area (Å²) >= 11 is 0. The molecule has 0 amide bonds. The Balaban J connectivity index is 3.06. The molecule has 0 radical (unpaired) electrons. The van der Waals surface area contributed by atoms with Crippen LogP contribution >= 0.6 is 0 Å². The molecule has 0 aliphatic heterocycles. The van der Waals surface area contributed by atoms with Crippen molar-refractivity contribution in [1.29, 1.82) is 0 Å². The predicted octanol–water partition coefficient (Wildman–Crippen LogP) is 1.34. The van der Waals surface area contributed by atoms with Gasteiger partial charge in [0.05, 0.1) is 0 Å². The molecule has 0 aliphatic rings. The predicted molar refractivity (Wildman–Crippen MR) is 61.8 cm³/mol. The van der Waals surface area contributed by atoms with Gasteiger partial charge in [0.2, 0.25) is 0 Å². The van der Waals surface area contributed by atoms with E-state index in [0.717, 1.165) is 52.2 Å². The second-order valence-electron chi connectivity index (χ2n) is 3.62. The number of likely N-dealkylation sites (N-methyl/N-ethyl adjacent to an activating group) is 2. The van der Waals surface area contributed by atoms with Crippen molar-refractivity contribution < 1.29 is 4.74 Å². The highest BCUT2D eigenvalue weighted by molar-refractivity contribution is 4.53.